The van der Waals surface area contributed by atoms with E-state index in [4.69, 9.17) is 3.32 Å². The summed E-state index contributed by atoms with van der Waals surface area (Å²) in [4.78, 5) is 0. The molecule has 89 valence electrons. The first kappa shape index (κ1) is 17.0. The summed E-state index contributed by atoms with van der Waals surface area (Å²) in [5.41, 5.74) is 5.42. The fourth-order valence-electron chi connectivity index (χ4n) is 1.96. The minimum Gasteiger partial charge on any atom is -1.00 e. The van der Waals surface area contributed by atoms with Gasteiger partial charge in [-0.25, -0.2) is 0 Å². The van der Waals surface area contributed by atoms with E-state index in [0.29, 0.717) is 6.61 Å². The molecule has 0 radical (unpaired) electrons. The predicted octanol–water partition coefficient (Wildman–Crippen LogP) is -2.59. The Bertz CT molecular complexity index is 427. The normalized spacial score (nSPS) is 13.4. The number of hydrogen-bond acceptors (Lipinski definition) is 1. The summed E-state index contributed by atoms with van der Waals surface area (Å²) in [6.07, 6.45) is 5.46. The van der Waals surface area contributed by atoms with Crippen molar-refractivity contribution in [2.24, 2.45) is 0 Å². The molecule has 0 spiro atoms. The molecule has 1 aliphatic rings. The molecule has 0 N–H and O–H groups in total. The van der Waals surface area contributed by atoms with E-state index in [9.17, 15) is 0 Å². The van der Waals surface area contributed by atoms with Crippen molar-refractivity contribution in [3.63, 3.8) is 0 Å². The summed E-state index contributed by atoms with van der Waals surface area (Å²) in [6, 6.07) is 8.47. The van der Waals surface area contributed by atoms with Crippen LogP contribution >= 0.6 is 0 Å². The Morgan fingerprint density at radius 1 is 1.24 bits per heavy atom. The van der Waals surface area contributed by atoms with Crippen LogP contribution in [0, 0.1) is 0 Å². The van der Waals surface area contributed by atoms with Gasteiger partial charge in [-0.15, -0.1) is 0 Å². The molecule has 0 heterocycles. The Hall–Kier alpha value is -0.0457. The summed E-state index contributed by atoms with van der Waals surface area (Å²) in [6.45, 7) is 2.86. The molecule has 2 rings (SSSR count). The number of hydrogen-bond donors (Lipinski definition) is 0. The zero-order valence-electron chi connectivity index (χ0n) is 9.54. The van der Waals surface area contributed by atoms with Crippen LogP contribution in [0.4, 0.5) is 0 Å². The Morgan fingerprint density at radius 2 is 1.94 bits per heavy atom. The molecule has 0 aliphatic heterocycles. The van der Waals surface area contributed by atoms with Crippen molar-refractivity contribution in [3.8, 4) is 0 Å². The molecule has 0 bridgehead atoms. The Balaban J connectivity index is 0.00000128. The first-order chi connectivity index (χ1) is 7.33. The third-order valence-electron chi connectivity index (χ3n) is 2.74. The van der Waals surface area contributed by atoms with E-state index in [1.54, 1.807) is 20.8 Å². The van der Waals surface area contributed by atoms with Crippen LogP contribution < -0.4 is 24.8 Å². The third kappa shape index (κ3) is 3.98. The summed E-state index contributed by atoms with van der Waals surface area (Å²) >= 11 is 1.74. The number of rotatable bonds is 3. The van der Waals surface area contributed by atoms with Gasteiger partial charge in [-0.2, -0.15) is 0 Å². The summed E-state index contributed by atoms with van der Waals surface area (Å²) in [7, 11) is 0. The van der Waals surface area contributed by atoms with Crippen LogP contribution in [0.15, 0.2) is 42.0 Å². The first-order valence-corrected chi connectivity index (χ1v) is 5.70. The van der Waals surface area contributed by atoms with Gasteiger partial charge >= 0.3 is 103 Å². The van der Waals surface area contributed by atoms with Gasteiger partial charge in [0.05, 0.1) is 0 Å². The smallest absolute Gasteiger partial charge is 1.00 e. The second kappa shape index (κ2) is 8.13. The predicted molar refractivity (Wildman–Crippen MR) is 57.6 cm³/mol. The van der Waals surface area contributed by atoms with E-state index in [0.717, 1.165) is 6.42 Å². The largest absolute Gasteiger partial charge is 1.00 e. The van der Waals surface area contributed by atoms with Gasteiger partial charge in [0.15, 0.2) is 0 Å². The molecule has 0 atom stereocenters. The number of halogens is 2. The second-order valence-corrected chi connectivity index (χ2v) is 4.16. The van der Waals surface area contributed by atoms with E-state index in [1.807, 2.05) is 0 Å². The molecule has 0 aromatic heterocycles. The van der Waals surface area contributed by atoms with Crippen LogP contribution in [0.3, 0.4) is 0 Å². The quantitative estimate of drug-likeness (QED) is 0.557. The van der Waals surface area contributed by atoms with Crippen LogP contribution in [0.25, 0.3) is 5.57 Å². The minimum absolute atomic E-state index is 0. The van der Waals surface area contributed by atoms with Crippen molar-refractivity contribution in [2.45, 2.75) is 20.0 Å². The van der Waals surface area contributed by atoms with Crippen LogP contribution in [-0.2, 0) is 30.7 Å². The maximum absolute atomic E-state index is 5.22. The molecule has 4 heteroatoms. The molecule has 1 aliphatic carbocycles. The molecular weight excluding hydrogens is 291 g/mol. The maximum Gasteiger partial charge on any atom is -1.00 e. The molecular formula is C13H13Cl2OTi. The van der Waals surface area contributed by atoms with Crippen LogP contribution in [0.1, 0.15) is 24.5 Å². The molecule has 0 saturated carbocycles. The van der Waals surface area contributed by atoms with Gasteiger partial charge in [0.25, 0.3) is 0 Å². The molecule has 1 aromatic rings. The molecule has 0 amide bonds. The van der Waals surface area contributed by atoms with E-state index in [1.165, 1.54) is 22.3 Å². The van der Waals surface area contributed by atoms with Crippen molar-refractivity contribution in [2.75, 3.05) is 0 Å². The van der Waals surface area contributed by atoms with Crippen LogP contribution in [0.2, 0.25) is 0 Å². The molecule has 0 saturated heterocycles. The summed E-state index contributed by atoms with van der Waals surface area (Å²) in [5.74, 6) is 0. The van der Waals surface area contributed by atoms with E-state index >= 15 is 0 Å². The molecule has 1 aromatic carbocycles. The fraction of sp³-hybridized carbons (Fsp3) is 0.231. The van der Waals surface area contributed by atoms with Crippen molar-refractivity contribution in [1.29, 1.82) is 0 Å². The third-order valence-corrected chi connectivity index (χ3v) is 2.96. The average Bonchev–Trinajstić information content (AvgIpc) is 2.66. The maximum atomic E-state index is 5.22. The molecule has 0 fully saturated rings. The first-order valence-electron chi connectivity index (χ1n) is 5.06. The number of benzene rings is 1. The molecule has 17 heavy (non-hydrogen) atoms. The topological polar surface area (TPSA) is 9.23 Å². The SMILES string of the molecule is CC1=C(c2ccccc2C[O][Ti+2])CC=C1.[Cl-].[Cl-]. The van der Waals surface area contributed by atoms with Crippen molar-refractivity contribution < 1.29 is 49.0 Å². The van der Waals surface area contributed by atoms with Gasteiger partial charge in [0.1, 0.15) is 0 Å². The van der Waals surface area contributed by atoms with Crippen molar-refractivity contribution >= 4 is 5.57 Å². The van der Waals surface area contributed by atoms with Crippen molar-refractivity contribution in [3.05, 3.63) is 53.1 Å². The van der Waals surface area contributed by atoms with Crippen LogP contribution in [0.5, 0.6) is 0 Å². The van der Waals surface area contributed by atoms with Crippen LogP contribution in [-0.4, -0.2) is 0 Å². The minimum atomic E-state index is 0. The average molecular weight is 304 g/mol. The van der Waals surface area contributed by atoms with Crippen molar-refractivity contribution in [1.82, 2.24) is 0 Å². The van der Waals surface area contributed by atoms with E-state index in [2.05, 4.69) is 43.3 Å². The second-order valence-electron chi connectivity index (χ2n) is 3.71. The van der Waals surface area contributed by atoms with E-state index in [-0.39, 0.29) is 24.8 Å². The van der Waals surface area contributed by atoms with Gasteiger partial charge < -0.3 is 24.8 Å². The summed E-state index contributed by atoms with van der Waals surface area (Å²) in [5, 5.41) is 0. The Kier molecular flexibility index (Phi) is 8.10. The number of allylic oxidation sites excluding steroid dienone is 4. The Labute approximate surface area is 127 Å². The monoisotopic (exact) mass is 303 g/mol. The van der Waals surface area contributed by atoms with Gasteiger partial charge in [0.2, 0.25) is 0 Å². The summed E-state index contributed by atoms with van der Waals surface area (Å²) < 4.78 is 5.22. The molecule has 1 nitrogen and oxygen atoms in total. The Morgan fingerprint density at radius 3 is 2.53 bits per heavy atom. The fourth-order valence-corrected chi connectivity index (χ4v) is 2.20. The molecule has 0 unspecified atom stereocenters. The standard InChI is InChI=1S/C13H13O.2ClH.Ti/c1-10-5-4-8-12(10)13-7-3-2-6-11(13)9-14;;;/h2-7H,8-9H2,1H3;2*1H;/q-1;;;+3/p-2. The van der Waals surface area contributed by atoms with E-state index < -0.39 is 0 Å². The van der Waals surface area contributed by atoms with Gasteiger partial charge in [-0.3, -0.25) is 0 Å². The zero-order valence-corrected chi connectivity index (χ0v) is 12.6. The van der Waals surface area contributed by atoms with Gasteiger partial charge in [-0.1, -0.05) is 0 Å². The van der Waals surface area contributed by atoms with Gasteiger partial charge in [0, 0.05) is 0 Å². The van der Waals surface area contributed by atoms with Gasteiger partial charge in [-0.05, 0) is 0 Å². The zero-order chi connectivity index (χ0) is 10.7.